The minimum Gasteiger partial charge on any atom is -0.465 e. The van der Waals surface area contributed by atoms with Gasteiger partial charge in [-0.3, -0.25) is 14.6 Å². The van der Waals surface area contributed by atoms with E-state index in [9.17, 15) is 30.3 Å². The van der Waals surface area contributed by atoms with Crippen LogP contribution in [0.3, 0.4) is 0 Å². The molecule has 4 saturated carbocycles. The molecule has 11 heteroatoms. The van der Waals surface area contributed by atoms with Crippen molar-refractivity contribution in [3.05, 3.63) is 23.3 Å². The number of aliphatic hydroxyl groups excluding tert-OH is 3. The molecule has 9 N–H and O–H groups in total. The molecule has 0 aromatic rings. The van der Waals surface area contributed by atoms with Crippen molar-refractivity contribution in [3.63, 3.8) is 0 Å². The quantitative estimate of drug-likeness (QED) is 0.0371. The Kier molecular flexibility index (Phi) is 13.0. The largest absolute Gasteiger partial charge is 0.465 e. The van der Waals surface area contributed by atoms with E-state index < -0.39 is 51.7 Å². The predicted molar refractivity (Wildman–Crippen MR) is 242 cm³/mol. The maximum atomic E-state index is 15.1. The lowest BCUT2D eigenvalue weighted by atomic mass is 9.39. The van der Waals surface area contributed by atoms with Gasteiger partial charge in [0, 0.05) is 41.5 Å². The molecule has 0 spiro atoms. The monoisotopic (exact) mass is 874 g/mol. The molecule has 11 nitrogen and oxygen atoms in total. The average Bonchev–Trinajstić information content (AvgIpc) is 3.77. The molecule has 63 heavy (non-hydrogen) atoms. The molecule has 8 aliphatic rings. The number of cyclic esters (lactones) is 1. The molecule has 8 rings (SSSR count). The number of aliphatic imine (C=N–C) groups is 1. The fourth-order valence-electron chi connectivity index (χ4n) is 16.3. The third kappa shape index (κ3) is 7.75. The molecule has 1 heterocycles. The van der Waals surface area contributed by atoms with Crippen molar-refractivity contribution in [1.29, 1.82) is 0 Å². The van der Waals surface area contributed by atoms with Gasteiger partial charge in [-0.05, 0) is 149 Å². The Bertz CT molecular complexity index is 1910. The van der Waals surface area contributed by atoms with Crippen molar-refractivity contribution in [2.24, 2.45) is 91.9 Å². The fourth-order valence-corrected chi connectivity index (χ4v) is 16.3. The van der Waals surface area contributed by atoms with E-state index in [1.165, 1.54) is 6.42 Å². The summed E-state index contributed by atoms with van der Waals surface area (Å²) in [7, 11) is 0. The van der Waals surface area contributed by atoms with E-state index in [0.29, 0.717) is 74.9 Å². The number of ketones is 1. The van der Waals surface area contributed by atoms with Gasteiger partial charge >= 0.3 is 5.97 Å². The molecular weight excluding hydrogens is 795 g/mol. The third-order valence-corrected chi connectivity index (χ3v) is 19.5. The van der Waals surface area contributed by atoms with Crippen LogP contribution in [0.15, 0.2) is 28.3 Å². The maximum absolute atomic E-state index is 15.1. The summed E-state index contributed by atoms with van der Waals surface area (Å²) >= 11 is 0. The van der Waals surface area contributed by atoms with Gasteiger partial charge in [0.05, 0.1) is 42.5 Å². The number of rotatable bonds is 8. The number of nitrogens with zero attached hydrogens (tertiary/aromatic N) is 1. The van der Waals surface area contributed by atoms with Crippen LogP contribution in [0, 0.1) is 87.3 Å². The molecule has 0 aromatic carbocycles. The van der Waals surface area contributed by atoms with Crippen LogP contribution in [0.4, 0.5) is 0 Å². The number of hydrogen-bond acceptors (Lipinski definition) is 9. The molecular formula is C52H79N3O8. The van der Waals surface area contributed by atoms with E-state index in [2.05, 4.69) is 50.6 Å². The summed E-state index contributed by atoms with van der Waals surface area (Å²) < 4.78 is 5.59. The van der Waals surface area contributed by atoms with Crippen LogP contribution in [0.2, 0.25) is 0 Å². The second-order valence-corrected chi connectivity index (χ2v) is 22.9. The first-order valence-corrected chi connectivity index (χ1v) is 25.0. The van der Waals surface area contributed by atoms with Gasteiger partial charge in [-0.15, -0.1) is 5.92 Å². The summed E-state index contributed by atoms with van der Waals surface area (Å²) in [6.45, 7) is 11.1. The van der Waals surface area contributed by atoms with Crippen LogP contribution in [0.25, 0.3) is 0 Å². The number of aliphatic hydroxyl groups is 5. The number of ether oxygens (including phenoxy) is 1. The molecule has 1 aliphatic heterocycles. The number of fused-ring (bicyclic) bond motifs is 10. The molecule has 18 atom stereocenters. The van der Waals surface area contributed by atoms with Crippen LogP contribution in [-0.2, 0) is 14.3 Å². The second-order valence-electron chi connectivity index (χ2n) is 22.9. The smallest absolute Gasteiger partial charge is 0.306 e. The second kappa shape index (κ2) is 17.5. The van der Waals surface area contributed by atoms with E-state index >= 15 is 4.79 Å². The van der Waals surface area contributed by atoms with E-state index in [4.69, 9.17) is 16.2 Å². The highest BCUT2D eigenvalue weighted by molar-refractivity contribution is 5.98. The number of carbonyl (C=O) groups excluding carboxylic acids is 2. The Hall–Kier alpha value is -2.75. The maximum Gasteiger partial charge on any atom is 0.306 e. The Balaban J connectivity index is 1.25. The molecule has 350 valence electrons. The molecule has 0 amide bonds. The summed E-state index contributed by atoms with van der Waals surface area (Å²) in [6.07, 6.45) is 12.7. The van der Waals surface area contributed by atoms with Crippen LogP contribution < -0.4 is 11.5 Å². The van der Waals surface area contributed by atoms with Gasteiger partial charge in [-0.1, -0.05) is 64.5 Å². The van der Waals surface area contributed by atoms with Crippen molar-refractivity contribution >= 4 is 17.7 Å². The summed E-state index contributed by atoms with van der Waals surface area (Å²) in [5, 5.41) is 62.4. The number of esters is 1. The lowest BCUT2D eigenvalue weighted by Gasteiger charge is -2.65. The van der Waals surface area contributed by atoms with Gasteiger partial charge in [-0.25, -0.2) is 0 Å². The standard InChI is InChI=1S/C52H79N3O8/c1-6-7-8-17-51-28-42(57)41(56)27-48(51,4)39-16-18-50(19-20-55-47(53)54)46-34(26-52(50,62)40(39)25-44(51)59)11-9-10-33(35-24-45(60)63-29-35)23-38-36(31(3)22-43(58)49(46,5)61)15-14-32-13-12-30(2)21-37(32)38/h14,25,30-31,33-39,41-43,46,56-58,61-62H,6-8,11-13,15-24,26-29H2,1-5H3,(H4,53,54,55)/t30-,31-,33+,34+,35+,36+,37-,38-,39+,41+,42-,43-,46-,48-,49+,50+,51+,52-/m1/s1. The Labute approximate surface area is 376 Å². The number of hydrogen-bond donors (Lipinski definition) is 7. The zero-order chi connectivity index (χ0) is 45.3. The van der Waals surface area contributed by atoms with E-state index in [1.54, 1.807) is 18.6 Å². The number of unbranched alkanes of at least 4 members (excludes halogenated alkanes) is 2. The van der Waals surface area contributed by atoms with Crippen LogP contribution in [0.1, 0.15) is 150 Å². The minimum atomic E-state index is -1.67. The Morgan fingerprint density at radius 2 is 1.71 bits per heavy atom. The number of guanidine groups is 1. The first-order valence-electron chi connectivity index (χ1n) is 25.0. The zero-order valence-corrected chi connectivity index (χ0v) is 38.9. The van der Waals surface area contributed by atoms with Gasteiger partial charge in [0.25, 0.3) is 0 Å². The van der Waals surface area contributed by atoms with E-state index in [1.807, 2.05) is 0 Å². The van der Waals surface area contributed by atoms with Crippen molar-refractivity contribution in [2.45, 2.75) is 180 Å². The average molecular weight is 874 g/mol. The van der Waals surface area contributed by atoms with E-state index in [0.717, 1.165) is 44.9 Å². The highest BCUT2D eigenvalue weighted by atomic mass is 16.5. The topological polar surface area (TPSA) is 209 Å². The van der Waals surface area contributed by atoms with Gasteiger partial charge in [0.2, 0.25) is 0 Å². The van der Waals surface area contributed by atoms with Crippen LogP contribution >= 0.6 is 0 Å². The van der Waals surface area contributed by atoms with Gasteiger partial charge in [-0.2, -0.15) is 0 Å². The summed E-state index contributed by atoms with van der Waals surface area (Å²) in [4.78, 5) is 32.2. The summed E-state index contributed by atoms with van der Waals surface area (Å²) in [5.74, 6) is 7.30. The SMILES string of the molecule is CCCCC[C@@]12C[C@@H](O)[C@@H](O)C[C@]1(C)[C@H]1CC[C@]3(CCN=C(N)N)[C@@H]4[C@@H](CC#C[C@H]([C@@H]5COC(=O)C5)C[C@@H]5[C@@H](CC=C6CC[C@@H](C)C[C@H]65)[C@H](C)C[C@@H](O)[C@]4(C)O)C[C@@]3(O)C1=CC2=O. The van der Waals surface area contributed by atoms with Gasteiger partial charge < -0.3 is 41.7 Å². The predicted octanol–water partition coefficient (Wildman–Crippen LogP) is 6.12. The molecule has 7 aliphatic carbocycles. The lowest BCUT2D eigenvalue weighted by Crippen LogP contribution is -2.67. The number of nitrogens with two attached hydrogens (primary N) is 2. The Morgan fingerprint density at radius 3 is 2.43 bits per heavy atom. The van der Waals surface area contributed by atoms with Crippen molar-refractivity contribution in [3.8, 4) is 11.8 Å². The van der Waals surface area contributed by atoms with Crippen molar-refractivity contribution < 1.29 is 39.9 Å². The molecule has 0 radical (unpaired) electrons. The molecule has 5 fully saturated rings. The van der Waals surface area contributed by atoms with Gasteiger partial charge in [0.15, 0.2) is 11.7 Å². The number of allylic oxidation sites excluding steroid dienone is 3. The third-order valence-electron chi connectivity index (χ3n) is 19.5. The number of carbonyl (C=O) groups is 2. The summed E-state index contributed by atoms with van der Waals surface area (Å²) in [6, 6.07) is 0. The minimum absolute atomic E-state index is 0.0194. The normalized spacial score (nSPS) is 48.3. The van der Waals surface area contributed by atoms with Crippen LogP contribution in [0.5, 0.6) is 0 Å². The molecule has 0 aromatic heterocycles. The highest BCUT2D eigenvalue weighted by Gasteiger charge is 2.74. The molecule has 0 bridgehead atoms. The Morgan fingerprint density at radius 1 is 0.952 bits per heavy atom. The summed E-state index contributed by atoms with van der Waals surface area (Å²) in [5.41, 5.74) is 8.13. The first-order chi connectivity index (χ1) is 29.8. The van der Waals surface area contributed by atoms with Crippen molar-refractivity contribution in [1.82, 2.24) is 0 Å². The lowest BCUT2D eigenvalue weighted by molar-refractivity contribution is -0.199. The zero-order valence-electron chi connectivity index (χ0n) is 38.9. The van der Waals surface area contributed by atoms with Crippen molar-refractivity contribution in [2.75, 3.05) is 13.2 Å². The van der Waals surface area contributed by atoms with E-state index in [-0.39, 0.29) is 79.0 Å². The first kappa shape index (κ1) is 46.8. The fraction of sp³-hybridized carbons (Fsp3) is 0.827. The highest BCUT2D eigenvalue weighted by Crippen LogP contribution is 2.74. The van der Waals surface area contributed by atoms with Gasteiger partial charge in [0.1, 0.15) is 0 Å². The molecule has 1 saturated heterocycles. The molecule has 0 unspecified atom stereocenters. The van der Waals surface area contributed by atoms with Crippen LogP contribution in [-0.4, -0.2) is 85.9 Å².